The van der Waals surface area contributed by atoms with Crippen molar-refractivity contribution in [2.45, 2.75) is 32.1 Å². The second-order valence-electron chi connectivity index (χ2n) is 6.90. The van der Waals surface area contributed by atoms with Crippen LogP contribution in [0.4, 0.5) is 5.82 Å². The van der Waals surface area contributed by atoms with Crippen LogP contribution in [0.15, 0.2) is 40.0 Å². The standard InChI is InChI=1S/C20H23N3O3/c1-25-18-8-16-14(7-15(18)19-11-21-12-26-19)17(24)9-20(23-16)22-10-13-5-3-2-4-6-13/h7-9,11-13H,2-6,10H2,1H3,(H2,22,23,24). The molecule has 3 aromatic rings. The van der Waals surface area contributed by atoms with Crippen molar-refractivity contribution in [3.8, 4) is 17.1 Å². The lowest BCUT2D eigenvalue weighted by atomic mass is 9.89. The van der Waals surface area contributed by atoms with Gasteiger partial charge < -0.3 is 19.5 Å². The maximum Gasteiger partial charge on any atom is 0.191 e. The molecule has 0 radical (unpaired) electrons. The minimum Gasteiger partial charge on any atom is -0.496 e. The van der Waals surface area contributed by atoms with Gasteiger partial charge in [0.15, 0.2) is 17.6 Å². The molecule has 0 unspecified atom stereocenters. The number of hydrogen-bond donors (Lipinski definition) is 2. The molecule has 136 valence electrons. The summed E-state index contributed by atoms with van der Waals surface area (Å²) in [6.45, 7) is 0.898. The Balaban J connectivity index is 1.66. The summed E-state index contributed by atoms with van der Waals surface area (Å²) in [5.74, 6) is 2.64. The summed E-state index contributed by atoms with van der Waals surface area (Å²) in [6.07, 6.45) is 9.46. The van der Waals surface area contributed by atoms with Crippen LogP contribution < -0.4 is 15.5 Å². The van der Waals surface area contributed by atoms with Crippen LogP contribution in [-0.2, 0) is 0 Å². The molecule has 0 aliphatic heterocycles. The van der Waals surface area contributed by atoms with Gasteiger partial charge in [-0.2, -0.15) is 0 Å². The van der Waals surface area contributed by atoms with Crippen LogP contribution in [0.3, 0.4) is 0 Å². The third kappa shape index (κ3) is 3.31. The Hall–Kier alpha value is -2.76. The topological polar surface area (TPSA) is 80.1 Å². The number of anilines is 1. The smallest absolute Gasteiger partial charge is 0.191 e. The minimum absolute atomic E-state index is 0.0340. The largest absolute Gasteiger partial charge is 0.496 e. The number of hydrogen-bond acceptors (Lipinski definition) is 5. The van der Waals surface area contributed by atoms with Crippen LogP contribution >= 0.6 is 0 Å². The summed E-state index contributed by atoms with van der Waals surface area (Å²) in [5, 5.41) is 4.00. The van der Waals surface area contributed by atoms with Crippen molar-refractivity contribution in [2.75, 3.05) is 19.0 Å². The number of methoxy groups -OCH3 is 1. The lowest BCUT2D eigenvalue weighted by Crippen LogP contribution is -2.18. The average molecular weight is 353 g/mol. The van der Waals surface area contributed by atoms with Crippen LogP contribution in [0.1, 0.15) is 32.1 Å². The molecule has 0 atom stereocenters. The summed E-state index contributed by atoms with van der Waals surface area (Å²) in [6, 6.07) is 5.25. The minimum atomic E-state index is -0.0340. The molecule has 0 spiro atoms. The maximum atomic E-state index is 12.6. The normalized spacial score (nSPS) is 15.3. The Kier molecular flexibility index (Phi) is 4.65. The third-order valence-corrected chi connectivity index (χ3v) is 5.15. The fourth-order valence-electron chi connectivity index (χ4n) is 3.73. The summed E-state index contributed by atoms with van der Waals surface area (Å²) in [5.41, 5.74) is 1.42. The van der Waals surface area contributed by atoms with E-state index in [-0.39, 0.29) is 5.43 Å². The van der Waals surface area contributed by atoms with Crippen molar-refractivity contribution in [3.63, 3.8) is 0 Å². The fraction of sp³-hybridized carbons (Fsp3) is 0.400. The number of nitrogens with one attached hydrogen (secondary N) is 2. The number of H-pyrrole nitrogens is 1. The van der Waals surface area contributed by atoms with Crippen LogP contribution in [-0.4, -0.2) is 23.6 Å². The molecule has 6 nitrogen and oxygen atoms in total. The highest BCUT2D eigenvalue weighted by Gasteiger charge is 2.15. The number of aromatic nitrogens is 2. The Labute approximate surface area is 151 Å². The quantitative estimate of drug-likeness (QED) is 0.719. The molecule has 0 saturated heterocycles. The summed E-state index contributed by atoms with van der Waals surface area (Å²) < 4.78 is 10.8. The van der Waals surface area contributed by atoms with E-state index in [1.165, 1.54) is 38.5 Å². The van der Waals surface area contributed by atoms with E-state index in [4.69, 9.17) is 9.15 Å². The number of aromatic amines is 1. The number of oxazole rings is 1. The molecule has 2 aromatic heterocycles. The fourth-order valence-corrected chi connectivity index (χ4v) is 3.73. The van der Waals surface area contributed by atoms with Crippen LogP contribution in [0.2, 0.25) is 0 Å². The van der Waals surface area contributed by atoms with E-state index < -0.39 is 0 Å². The van der Waals surface area contributed by atoms with E-state index in [2.05, 4.69) is 15.3 Å². The van der Waals surface area contributed by atoms with E-state index in [1.54, 1.807) is 25.4 Å². The third-order valence-electron chi connectivity index (χ3n) is 5.15. The van der Waals surface area contributed by atoms with Gasteiger partial charge >= 0.3 is 0 Å². The van der Waals surface area contributed by atoms with Gasteiger partial charge in [-0.05, 0) is 24.8 Å². The molecular formula is C20H23N3O3. The first-order valence-electron chi connectivity index (χ1n) is 9.12. The Morgan fingerprint density at radius 2 is 2.12 bits per heavy atom. The summed E-state index contributed by atoms with van der Waals surface area (Å²) >= 11 is 0. The van der Waals surface area contributed by atoms with Gasteiger partial charge in [0.25, 0.3) is 0 Å². The molecule has 1 aliphatic carbocycles. The molecule has 0 bridgehead atoms. The molecule has 1 aromatic carbocycles. The molecule has 2 heterocycles. The summed E-state index contributed by atoms with van der Waals surface area (Å²) in [4.78, 5) is 19.9. The van der Waals surface area contributed by atoms with Gasteiger partial charge in [-0.1, -0.05) is 19.3 Å². The van der Waals surface area contributed by atoms with Crippen molar-refractivity contribution in [3.05, 3.63) is 41.0 Å². The van der Waals surface area contributed by atoms with Crippen molar-refractivity contribution < 1.29 is 9.15 Å². The van der Waals surface area contributed by atoms with Gasteiger partial charge in [-0.3, -0.25) is 4.79 Å². The number of rotatable bonds is 5. The molecule has 4 rings (SSSR count). The lowest BCUT2D eigenvalue weighted by molar-refractivity contribution is 0.373. The Morgan fingerprint density at radius 3 is 2.85 bits per heavy atom. The number of ether oxygens (including phenoxy) is 1. The molecule has 0 amide bonds. The zero-order chi connectivity index (χ0) is 17.9. The van der Waals surface area contributed by atoms with Gasteiger partial charge in [-0.25, -0.2) is 4.98 Å². The molecular weight excluding hydrogens is 330 g/mol. The van der Waals surface area contributed by atoms with E-state index >= 15 is 0 Å². The van der Waals surface area contributed by atoms with Crippen LogP contribution in [0.5, 0.6) is 5.75 Å². The molecule has 1 saturated carbocycles. The number of benzene rings is 1. The maximum absolute atomic E-state index is 12.6. The molecule has 2 N–H and O–H groups in total. The van der Waals surface area contributed by atoms with E-state index in [9.17, 15) is 4.79 Å². The zero-order valence-electron chi connectivity index (χ0n) is 14.9. The average Bonchev–Trinajstić information content (AvgIpc) is 3.21. The van der Waals surface area contributed by atoms with Gasteiger partial charge in [0, 0.05) is 24.1 Å². The van der Waals surface area contributed by atoms with Crippen molar-refractivity contribution >= 4 is 16.7 Å². The van der Waals surface area contributed by atoms with Gasteiger partial charge in [0.2, 0.25) is 0 Å². The number of pyridine rings is 1. The predicted molar refractivity (Wildman–Crippen MR) is 102 cm³/mol. The highest BCUT2D eigenvalue weighted by atomic mass is 16.5. The van der Waals surface area contributed by atoms with Gasteiger partial charge in [0.05, 0.1) is 24.4 Å². The molecule has 6 heteroatoms. The zero-order valence-corrected chi connectivity index (χ0v) is 14.9. The van der Waals surface area contributed by atoms with Gasteiger partial charge in [-0.15, -0.1) is 0 Å². The predicted octanol–water partition coefficient (Wildman–Crippen LogP) is 4.18. The lowest BCUT2D eigenvalue weighted by Gasteiger charge is -2.22. The second kappa shape index (κ2) is 7.23. The first kappa shape index (κ1) is 16.7. The van der Waals surface area contributed by atoms with Crippen molar-refractivity contribution in [1.82, 2.24) is 9.97 Å². The Bertz CT molecular complexity index is 941. The molecule has 1 fully saturated rings. The van der Waals surface area contributed by atoms with Crippen molar-refractivity contribution in [2.24, 2.45) is 5.92 Å². The van der Waals surface area contributed by atoms with Crippen LogP contribution in [0.25, 0.3) is 22.2 Å². The summed E-state index contributed by atoms with van der Waals surface area (Å²) in [7, 11) is 1.60. The molecule has 1 aliphatic rings. The Morgan fingerprint density at radius 1 is 1.27 bits per heavy atom. The van der Waals surface area contributed by atoms with E-state index in [0.717, 1.165) is 17.9 Å². The highest BCUT2D eigenvalue weighted by Crippen LogP contribution is 2.33. The van der Waals surface area contributed by atoms with E-state index in [0.29, 0.717) is 28.4 Å². The number of nitrogens with zero attached hydrogens (tertiary/aromatic N) is 1. The second-order valence-corrected chi connectivity index (χ2v) is 6.90. The monoisotopic (exact) mass is 353 g/mol. The number of fused-ring (bicyclic) bond motifs is 1. The SMILES string of the molecule is COc1cc2[nH]c(NCC3CCCCC3)cc(=O)c2cc1-c1cnco1. The molecule has 26 heavy (non-hydrogen) atoms. The van der Waals surface area contributed by atoms with Gasteiger partial charge in [0.1, 0.15) is 11.6 Å². The van der Waals surface area contributed by atoms with E-state index in [1.807, 2.05) is 6.07 Å². The first-order valence-corrected chi connectivity index (χ1v) is 9.12. The van der Waals surface area contributed by atoms with Crippen molar-refractivity contribution in [1.29, 1.82) is 0 Å². The van der Waals surface area contributed by atoms with Crippen LogP contribution in [0, 0.1) is 5.92 Å². The first-order chi connectivity index (χ1) is 12.7. The highest BCUT2D eigenvalue weighted by molar-refractivity contribution is 5.88.